The fourth-order valence-corrected chi connectivity index (χ4v) is 1.62. The number of hydrogen-bond acceptors (Lipinski definition) is 2. The summed E-state index contributed by atoms with van der Waals surface area (Å²) in [6.45, 7) is 1.56. The van der Waals surface area contributed by atoms with Crippen molar-refractivity contribution < 1.29 is 18.7 Å². The van der Waals surface area contributed by atoms with Crippen LogP contribution in [-0.2, 0) is 11.2 Å². The number of hydrogen-bond donors (Lipinski definition) is 1. The van der Waals surface area contributed by atoms with E-state index in [9.17, 15) is 13.6 Å². The summed E-state index contributed by atoms with van der Waals surface area (Å²) in [5.74, 6) is -1.04. The summed E-state index contributed by atoms with van der Waals surface area (Å²) >= 11 is 2.89. The highest BCUT2D eigenvalue weighted by Gasteiger charge is 2.16. The summed E-state index contributed by atoms with van der Waals surface area (Å²) in [7, 11) is 0. The van der Waals surface area contributed by atoms with Crippen LogP contribution in [-0.4, -0.2) is 16.1 Å². The Morgan fingerprint density at radius 1 is 1.67 bits per heavy atom. The zero-order valence-corrected chi connectivity index (χ0v) is 9.38. The monoisotopic (exact) mass is 279 g/mol. The van der Waals surface area contributed by atoms with E-state index in [0.717, 1.165) is 0 Å². The SMILES string of the molecule is Cc1cc(C(F)F)c(Br)nc1CC(=O)O. The number of halogens is 3. The van der Waals surface area contributed by atoms with Gasteiger partial charge in [-0.05, 0) is 34.5 Å². The van der Waals surface area contributed by atoms with Crippen LogP contribution in [0.15, 0.2) is 10.7 Å². The van der Waals surface area contributed by atoms with Crippen molar-refractivity contribution in [1.82, 2.24) is 4.98 Å². The molecule has 0 aliphatic carbocycles. The van der Waals surface area contributed by atoms with Crippen LogP contribution < -0.4 is 0 Å². The van der Waals surface area contributed by atoms with Crippen LogP contribution in [0.25, 0.3) is 0 Å². The summed E-state index contributed by atoms with van der Waals surface area (Å²) in [5.41, 5.74) is 0.524. The highest BCUT2D eigenvalue weighted by atomic mass is 79.9. The molecule has 15 heavy (non-hydrogen) atoms. The van der Waals surface area contributed by atoms with Crippen LogP contribution in [0.3, 0.4) is 0 Å². The zero-order chi connectivity index (χ0) is 11.6. The summed E-state index contributed by atoms with van der Waals surface area (Å²) in [4.78, 5) is 14.2. The summed E-state index contributed by atoms with van der Waals surface area (Å²) in [6, 6.07) is 1.25. The molecule has 0 radical (unpaired) electrons. The second kappa shape index (κ2) is 4.65. The Labute approximate surface area is 93.3 Å². The lowest BCUT2D eigenvalue weighted by molar-refractivity contribution is -0.136. The van der Waals surface area contributed by atoms with Gasteiger partial charge in [-0.3, -0.25) is 4.79 Å². The maximum atomic E-state index is 12.4. The van der Waals surface area contributed by atoms with E-state index in [2.05, 4.69) is 20.9 Å². The van der Waals surface area contributed by atoms with Crippen LogP contribution in [0.5, 0.6) is 0 Å². The lowest BCUT2D eigenvalue weighted by atomic mass is 10.1. The number of rotatable bonds is 3. The molecule has 0 aliphatic heterocycles. The molecular formula is C9H8BrF2NO2. The molecule has 3 nitrogen and oxygen atoms in total. The molecule has 6 heteroatoms. The summed E-state index contributed by atoms with van der Waals surface area (Å²) < 4.78 is 24.8. The maximum Gasteiger partial charge on any atom is 0.309 e. The topological polar surface area (TPSA) is 50.2 Å². The zero-order valence-electron chi connectivity index (χ0n) is 7.80. The molecule has 1 aromatic rings. The lowest BCUT2D eigenvalue weighted by Gasteiger charge is -2.07. The van der Waals surface area contributed by atoms with Crippen LogP contribution >= 0.6 is 15.9 Å². The van der Waals surface area contributed by atoms with E-state index in [1.54, 1.807) is 6.92 Å². The van der Waals surface area contributed by atoms with E-state index in [4.69, 9.17) is 5.11 Å². The van der Waals surface area contributed by atoms with E-state index >= 15 is 0 Å². The van der Waals surface area contributed by atoms with Gasteiger partial charge in [-0.1, -0.05) is 0 Å². The number of carboxylic acids is 1. The number of aryl methyl sites for hydroxylation is 1. The highest BCUT2D eigenvalue weighted by molar-refractivity contribution is 9.10. The van der Waals surface area contributed by atoms with Crippen LogP contribution in [0.1, 0.15) is 23.2 Å². The average Bonchev–Trinajstić information content (AvgIpc) is 2.09. The minimum Gasteiger partial charge on any atom is -0.481 e. The van der Waals surface area contributed by atoms with Crippen molar-refractivity contribution in [2.45, 2.75) is 19.8 Å². The molecule has 0 unspecified atom stereocenters. The largest absolute Gasteiger partial charge is 0.481 e. The van der Waals surface area contributed by atoms with Crippen molar-refractivity contribution in [2.75, 3.05) is 0 Å². The van der Waals surface area contributed by atoms with Gasteiger partial charge in [0.2, 0.25) is 0 Å². The Bertz CT molecular complexity index is 396. The Hall–Kier alpha value is -1.04. The first kappa shape index (κ1) is 12.0. The summed E-state index contributed by atoms with van der Waals surface area (Å²) in [6.07, 6.45) is -2.89. The second-order valence-corrected chi connectivity index (χ2v) is 3.75. The van der Waals surface area contributed by atoms with E-state index in [0.29, 0.717) is 11.3 Å². The highest BCUT2D eigenvalue weighted by Crippen LogP contribution is 2.27. The first-order valence-corrected chi connectivity index (χ1v) is 4.87. The molecule has 0 bridgehead atoms. The molecule has 0 fully saturated rings. The minimum absolute atomic E-state index is 0.000602. The quantitative estimate of drug-likeness (QED) is 0.866. The molecule has 82 valence electrons. The standard InChI is InChI=1S/C9H8BrF2NO2/c1-4-2-5(9(11)12)8(10)13-6(4)3-7(14)15/h2,9H,3H2,1H3,(H,14,15). The fourth-order valence-electron chi connectivity index (χ4n) is 1.12. The van der Waals surface area contributed by atoms with Gasteiger partial charge in [-0.25, -0.2) is 13.8 Å². The third-order valence-corrected chi connectivity index (χ3v) is 2.49. The number of aromatic nitrogens is 1. The van der Waals surface area contributed by atoms with Gasteiger partial charge in [-0.15, -0.1) is 0 Å². The van der Waals surface area contributed by atoms with Crippen LogP contribution in [0.2, 0.25) is 0 Å². The van der Waals surface area contributed by atoms with E-state index < -0.39 is 12.4 Å². The molecule has 0 atom stereocenters. The number of nitrogens with zero attached hydrogens (tertiary/aromatic N) is 1. The van der Waals surface area contributed by atoms with Crippen LogP contribution in [0, 0.1) is 6.92 Å². The molecule has 0 saturated heterocycles. The van der Waals surface area contributed by atoms with Crippen molar-refractivity contribution >= 4 is 21.9 Å². The third kappa shape index (κ3) is 2.95. The van der Waals surface area contributed by atoms with Gasteiger partial charge >= 0.3 is 5.97 Å². The molecule has 1 aromatic heterocycles. The van der Waals surface area contributed by atoms with Crippen molar-refractivity contribution in [3.05, 3.63) is 27.5 Å². The molecule has 0 spiro atoms. The Kier molecular flexibility index (Phi) is 3.73. The smallest absolute Gasteiger partial charge is 0.309 e. The molecular weight excluding hydrogens is 272 g/mol. The van der Waals surface area contributed by atoms with Crippen molar-refractivity contribution in [3.63, 3.8) is 0 Å². The van der Waals surface area contributed by atoms with Crippen molar-refractivity contribution in [3.8, 4) is 0 Å². The molecule has 0 aromatic carbocycles. The number of pyridine rings is 1. The first-order valence-electron chi connectivity index (χ1n) is 4.07. The summed E-state index contributed by atoms with van der Waals surface area (Å²) in [5, 5.41) is 8.56. The van der Waals surface area contributed by atoms with E-state index in [1.165, 1.54) is 6.07 Å². The van der Waals surface area contributed by atoms with Crippen LogP contribution in [0.4, 0.5) is 8.78 Å². The number of carbonyl (C=O) groups is 1. The average molecular weight is 280 g/mol. The maximum absolute atomic E-state index is 12.4. The predicted molar refractivity (Wildman–Crippen MR) is 53.0 cm³/mol. The van der Waals surface area contributed by atoms with Crippen molar-refractivity contribution in [2.24, 2.45) is 0 Å². The minimum atomic E-state index is -2.62. The van der Waals surface area contributed by atoms with Gasteiger partial charge in [0.25, 0.3) is 6.43 Å². The molecule has 1 heterocycles. The molecule has 1 N–H and O–H groups in total. The second-order valence-electron chi connectivity index (χ2n) is 3.00. The number of aliphatic carboxylic acids is 1. The third-order valence-electron chi connectivity index (χ3n) is 1.85. The molecule has 0 amide bonds. The fraction of sp³-hybridized carbons (Fsp3) is 0.333. The Balaban J connectivity index is 3.13. The number of carboxylic acid groups (broad SMARTS) is 1. The van der Waals surface area contributed by atoms with Gasteiger partial charge in [0.05, 0.1) is 17.7 Å². The Morgan fingerprint density at radius 3 is 2.73 bits per heavy atom. The van der Waals surface area contributed by atoms with Gasteiger partial charge in [0.15, 0.2) is 0 Å². The van der Waals surface area contributed by atoms with Gasteiger partial charge < -0.3 is 5.11 Å². The lowest BCUT2D eigenvalue weighted by Crippen LogP contribution is -2.06. The molecule has 0 aliphatic rings. The molecule has 1 rings (SSSR count). The molecule has 0 saturated carbocycles. The van der Waals surface area contributed by atoms with Crippen molar-refractivity contribution in [1.29, 1.82) is 0 Å². The van der Waals surface area contributed by atoms with Gasteiger partial charge in [0, 0.05) is 0 Å². The van der Waals surface area contributed by atoms with E-state index in [-0.39, 0.29) is 16.6 Å². The van der Waals surface area contributed by atoms with Gasteiger partial charge in [-0.2, -0.15) is 0 Å². The normalized spacial score (nSPS) is 10.7. The van der Waals surface area contributed by atoms with E-state index in [1.807, 2.05) is 0 Å². The predicted octanol–water partition coefficient (Wildman–Crippen LogP) is 2.72. The first-order chi connectivity index (χ1) is 6.91. The van der Waals surface area contributed by atoms with Gasteiger partial charge in [0.1, 0.15) is 4.60 Å². The Morgan fingerprint density at radius 2 is 2.27 bits per heavy atom. The number of alkyl halides is 2.